The highest BCUT2D eigenvalue weighted by Crippen LogP contribution is 2.47. The molecule has 1 amide bonds. The van der Waals surface area contributed by atoms with Gasteiger partial charge >= 0.3 is 11.9 Å². The molecule has 1 fully saturated rings. The van der Waals surface area contributed by atoms with Crippen LogP contribution in [0.4, 0.5) is 0 Å². The highest BCUT2D eigenvalue weighted by atomic mass is 32.2. The molecular weight excluding hydrogens is 494 g/mol. The van der Waals surface area contributed by atoms with Crippen LogP contribution in [0.25, 0.3) is 0 Å². The molecule has 0 bridgehead atoms. The lowest BCUT2D eigenvalue weighted by Gasteiger charge is -2.38. The molecule has 1 aromatic carbocycles. The third-order valence-corrected chi connectivity index (χ3v) is 7.68. The lowest BCUT2D eigenvalue weighted by Crippen LogP contribution is -2.44. The number of piperidine rings is 1. The van der Waals surface area contributed by atoms with Crippen molar-refractivity contribution in [3.05, 3.63) is 52.2 Å². The molecule has 3 aliphatic heterocycles. The van der Waals surface area contributed by atoms with Crippen molar-refractivity contribution in [1.82, 2.24) is 9.80 Å². The normalized spacial score (nSPS) is 21.2. The number of benzene rings is 1. The fourth-order valence-electron chi connectivity index (χ4n) is 5.02. The maximum Gasteiger partial charge on any atom is 0.338 e. The molecule has 10 heteroatoms. The van der Waals surface area contributed by atoms with Gasteiger partial charge in [0.25, 0.3) is 0 Å². The Morgan fingerprint density at radius 2 is 1.95 bits per heavy atom. The summed E-state index contributed by atoms with van der Waals surface area (Å²) in [6.45, 7) is 5.00. The van der Waals surface area contributed by atoms with Gasteiger partial charge in [-0.3, -0.25) is 9.59 Å². The van der Waals surface area contributed by atoms with Crippen LogP contribution in [-0.4, -0.2) is 66.7 Å². The summed E-state index contributed by atoms with van der Waals surface area (Å²) in [7, 11) is 2.95. The second-order valence-electron chi connectivity index (χ2n) is 8.95. The molecule has 3 heterocycles. The van der Waals surface area contributed by atoms with Gasteiger partial charge in [-0.25, -0.2) is 9.79 Å². The average Bonchev–Trinajstić information content (AvgIpc) is 3.33. The van der Waals surface area contributed by atoms with Crippen molar-refractivity contribution in [2.75, 3.05) is 33.9 Å². The van der Waals surface area contributed by atoms with E-state index in [1.807, 2.05) is 41.5 Å². The van der Waals surface area contributed by atoms with Crippen LogP contribution in [0, 0.1) is 5.92 Å². The molecule has 3 aliphatic rings. The molecule has 0 unspecified atom stereocenters. The first-order valence-electron chi connectivity index (χ1n) is 12.6. The molecule has 0 saturated carbocycles. The van der Waals surface area contributed by atoms with E-state index in [0.717, 1.165) is 17.7 Å². The zero-order valence-corrected chi connectivity index (χ0v) is 22.5. The van der Waals surface area contributed by atoms with E-state index >= 15 is 0 Å². The molecule has 0 aliphatic carbocycles. The standard InChI is InChI=1S/C27H33N3O6S/c1-5-20-23(26(33)35-4)24(19-11-7-8-12-21(19)34-3)30-18(16-37-27(30)28-20)14-22(31)29-13-9-10-17(15-29)25(32)36-6-2/h7-8,11-12,16-17,24H,5-6,9-10,13-15H2,1-4H3/t17-,24+/m0/s1. The highest BCUT2D eigenvalue weighted by Gasteiger charge is 2.43. The number of carbonyl (C=O) groups is 3. The van der Waals surface area contributed by atoms with Crippen LogP contribution in [0.2, 0.25) is 0 Å². The minimum Gasteiger partial charge on any atom is -0.496 e. The number of allylic oxidation sites excluding steroid dienone is 1. The Hall–Kier alpha value is -3.27. The molecule has 0 N–H and O–H groups in total. The third kappa shape index (κ3) is 5.39. The zero-order valence-electron chi connectivity index (χ0n) is 21.7. The summed E-state index contributed by atoms with van der Waals surface area (Å²) in [6, 6.07) is 6.97. The number of hydrogen-bond donors (Lipinski definition) is 0. The van der Waals surface area contributed by atoms with Crippen LogP contribution in [0.15, 0.2) is 51.6 Å². The quantitative estimate of drug-likeness (QED) is 0.468. The van der Waals surface area contributed by atoms with Crippen molar-refractivity contribution in [3.8, 4) is 5.75 Å². The minimum atomic E-state index is -0.561. The lowest BCUT2D eigenvalue weighted by molar-refractivity contribution is -0.151. The van der Waals surface area contributed by atoms with Crippen molar-refractivity contribution in [1.29, 1.82) is 0 Å². The maximum absolute atomic E-state index is 13.4. The Labute approximate surface area is 221 Å². The second-order valence-corrected chi connectivity index (χ2v) is 9.79. The molecule has 0 spiro atoms. The molecule has 0 aromatic heterocycles. The van der Waals surface area contributed by atoms with Crippen molar-refractivity contribution in [2.45, 2.75) is 45.6 Å². The fraction of sp³-hybridized carbons (Fsp3) is 0.481. The van der Waals surface area contributed by atoms with Crippen molar-refractivity contribution < 1.29 is 28.6 Å². The molecule has 1 saturated heterocycles. The summed E-state index contributed by atoms with van der Waals surface area (Å²) >= 11 is 1.43. The number of likely N-dealkylation sites (tertiary alicyclic amines) is 1. The third-order valence-electron chi connectivity index (χ3n) is 6.79. The summed E-state index contributed by atoms with van der Waals surface area (Å²) in [5, 5.41) is 2.62. The molecular formula is C27H33N3O6S. The van der Waals surface area contributed by atoms with E-state index in [-0.39, 0.29) is 24.2 Å². The first-order chi connectivity index (χ1) is 17.9. The van der Waals surface area contributed by atoms with Crippen LogP contribution in [0.3, 0.4) is 0 Å². The Bertz CT molecular complexity index is 1160. The monoisotopic (exact) mass is 527 g/mol. The van der Waals surface area contributed by atoms with Crippen LogP contribution < -0.4 is 4.74 Å². The van der Waals surface area contributed by atoms with E-state index in [9.17, 15) is 14.4 Å². The topological polar surface area (TPSA) is 97.7 Å². The van der Waals surface area contributed by atoms with E-state index in [1.165, 1.54) is 18.9 Å². The van der Waals surface area contributed by atoms with Gasteiger partial charge in [0, 0.05) is 24.4 Å². The van der Waals surface area contributed by atoms with Crippen molar-refractivity contribution in [3.63, 3.8) is 0 Å². The number of nitrogens with zero attached hydrogens (tertiary/aromatic N) is 3. The van der Waals surface area contributed by atoms with Crippen LogP contribution in [0.5, 0.6) is 5.75 Å². The zero-order chi connectivity index (χ0) is 26.5. The number of hydrogen-bond acceptors (Lipinski definition) is 9. The maximum atomic E-state index is 13.4. The summed E-state index contributed by atoms with van der Waals surface area (Å²) in [6.07, 6.45) is 2.12. The van der Waals surface area contributed by atoms with Gasteiger partial charge < -0.3 is 24.0 Å². The van der Waals surface area contributed by atoms with Crippen LogP contribution in [0.1, 0.15) is 51.1 Å². The van der Waals surface area contributed by atoms with Gasteiger partial charge in [-0.05, 0) is 37.7 Å². The van der Waals surface area contributed by atoms with Gasteiger partial charge in [-0.1, -0.05) is 36.9 Å². The van der Waals surface area contributed by atoms with Crippen LogP contribution in [-0.2, 0) is 23.9 Å². The van der Waals surface area contributed by atoms with E-state index in [4.69, 9.17) is 19.2 Å². The predicted molar refractivity (Wildman–Crippen MR) is 141 cm³/mol. The Morgan fingerprint density at radius 3 is 2.65 bits per heavy atom. The summed E-state index contributed by atoms with van der Waals surface area (Å²) < 4.78 is 16.0. The van der Waals surface area contributed by atoms with Gasteiger partial charge in [-0.15, -0.1) is 0 Å². The van der Waals surface area contributed by atoms with Crippen LogP contribution >= 0.6 is 11.8 Å². The molecule has 2 atom stereocenters. The number of amidine groups is 1. The van der Waals surface area contributed by atoms with Gasteiger partial charge in [0.1, 0.15) is 5.75 Å². The smallest absolute Gasteiger partial charge is 0.338 e. The molecule has 198 valence electrons. The van der Waals surface area contributed by atoms with Gasteiger partial charge in [0.05, 0.1) is 50.5 Å². The number of ether oxygens (including phenoxy) is 3. The number of rotatable bonds is 8. The molecule has 37 heavy (non-hydrogen) atoms. The largest absolute Gasteiger partial charge is 0.496 e. The average molecular weight is 528 g/mol. The van der Waals surface area contributed by atoms with Crippen molar-refractivity contribution in [2.24, 2.45) is 10.9 Å². The summed E-state index contributed by atoms with van der Waals surface area (Å²) in [5.74, 6) is -0.477. The SMILES string of the molecule is CCOC(=O)[C@H]1CCCN(C(=O)CC2=CSC3=NC(CC)=C(C(=O)OC)[C@@H](c4ccccc4OC)N23)C1. The first-order valence-corrected chi connectivity index (χ1v) is 13.4. The second kappa shape index (κ2) is 11.9. The molecule has 1 aromatic rings. The van der Waals surface area contributed by atoms with E-state index in [1.54, 1.807) is 18.9 Å². The fourth-order valence-corrected chi connectivity index (χ4v) is 5.96. The summed E-state index contributed by atoms with van der Waals surface area (Å²) in [5.41, 5.74) is 2.60. The Kier molecular flexibility index (Phi) is 8.58. The summed E-state index contributed by atoms with van der Waals surface area (Å²) in [4.78, 5) is 47.3. The highest BCUT2D eigenvalue weighted by molar-refractivity contribution is 8.16. The number of esters is 2. The van der Waals surface area contributed by atoms with E-state index in [0.29, 0.717) is 54.7 Å². The molecule has 0 radical (unpaired) electrons. The Morgan fingerprint density at radius 1 is 1.16 bits per heavy atom. The minimum absolute atomic E-state index is 0.0780. The van der Waals surface area contributed by atoms with Gasteiger partial charge in [-0.2, -0.15) is 0 Å². The number of methoxy groups -OCH3 is 2. The lowest BCUT2D eigenvalue weighted by atomic mass is 9.92. The Balaban J connectivity index is 1.65. The van der Waals surface area contributed by atoms with Gasteiger partial charge in [0.15, 0.2) is 5.17 Å². The molecule has 9 nitrogen and oxygen atoms in total. The van der Waals surface area contributed by atoms with E-state index < -0.39 is 12.0 Å². The first kappa shape index (κ1) is 26.8. The molecule has 4 rings (SSSR count). The van der Waals surface area contributed by atoms with Crippen molar-refractivity contribution >= 4 is 34.8 Å². The number of aliphatic imine (C=N–C) groups is 1. The number of thioether (sulfide) groups is 1. The number of fused-ring (bicyclic) bond motifs is 1. The number of amides is 1. The van der Waals surface area contributed by atoms with E-state index in [2.05, 4.69) is 0 Å². The number of carbonyl (C=O) groups excluding carboxylic acids is 3. The van der Waals surface area contributed by atoms with Gasteiger partial charge in [0.2, 0.25) is 5.91 Å². The predicted octanol–water partition coefficient (Wildman–Crippen LogP) is 4.03. The number of para-hydroxylation sites is 1.